The number of benzene rings is 3. The summed E-state index contributed by atoms with van der Waals surface area (Å²) in [6.45, 7) is 1.84. The summed E-state index contributed by atoms with van der Waals surface area (Å²) in [5, 5.41) is 1.32. The molecule has 3 aromatic carbocycles. The number of nitrogens with two attached hydrogens (primary N) is 1. The fraction of sp³-hybridized carbons (Fsp3) is 0.174. The van der Waals surface area contributed by atoms with E-state index in [1.807, 2.05) is 25.1 Å². The quantitative estimate of drug-likeness (QED) is 0.430. The first-order valence-corrected chi connectivity index (χ1v) is 9.40. The predicted molar refractivity (Wildman–Crippen MR) is 108 cm³/mol. The molecule has 0 aliphatic carbocycles. The molecule has 1 aromatic heterocycles. The highest BCUT2D eigenvalue weighted by Gasteiger charge is 2.34. The molecule has 0 unspecified atom stereocenters. The van der Waals surface area contributed by atoms with E-state index in [0.717, 1.165) is 29.5 Å². The van der Waals surface area contributed by atoms with Gasteiger partial charge in [0.2, 0.25) is 5.91 Å². The molecule has 0 saturated heterocycles. The SMILES string of the molecule is CCc1ccc2c3c(C(N)=O)cccc3n(Cc3ccc(F)cc3C(F)(F)F)c2c1. The molecule has 0 spiro atoms. The molecule has 4 rings (SSSR count). The van der Waals surface area contributed by atoms with Crippen molar-refractivity contribution in [1.82, 2.24) is 4.57 Å². The average molecular weight is 414 g/mol. The molecule has 0 radical (unpaired) electrons. The van der Waals surface area contributed by atoms with Gasteiger partial charge >= 0.3 is 6.18 Å². The molecule has 0 saturated carbocycles. The van der Waals surface area contributed by atoms with E-state index in [1.54, 1.807) is 22.8 Å². The Labute approximate surface area is 169 Å². The molecular weight excluding hydrogens is 396 g/mol. The summed E-state index contributed by atoms with van der Waals surface area (Å²) in [7, 11) is 0. The van der Waals surface area contributed by atoms with E-state index < -0.39 is 23.5 Å². The molecule has 1 heterocycles. The summed E-state index contributed by atoms with van der Waals surface area (Å²) in [5.74, 6) is -1.56. The van der Waals surface area contributed by atoms with Gasteiger partial charge in [0.1, 0.15) is 5.82 Å². The first kappa shape index (κ1) is 19.9. The lowest BCUT2D eigenvalue weighted by Gasteiger charge is -2.15. The van der Waals surface area contributed by atoms with Gasteiger partial charge in [0.05, 0.1) is 11.1 Å². The van der Waals surface area contributed by atoms with Gasteiger partial charge in [0.15, 0.2) is 0 Å². The Morgan fingerprint density at radius 2 is 1.80 bits per heavy atom. The number of amides is 1. The number of carbonyl (C=O) groups excluding carboxylic acids is 1. The van der Waals surface area contributed by atoms with Crippen LogP contribution in [0.1, 0.15) is 34.0 Å². The van der Waals surface area contributed by atoms with E-state index in [2.05, 4.69) is 0 Å². The maximum atomic E-state index is 13.5. The monoisotopic (exact) mass is 414 g/mol. The van der Waals surface area contributed by atoms with Crippen molar-refractivity contribution in [2.75, 3.05) is 0 Å². The highest BCUT2D eigenvalue weighted by molar-refractivity contribution is 6.18. The number of carbonyl (C=O) groups is 1. The van der Waals surface area contributed by atoms with E-state index in [0.29, 0.717) is 28.0 Å². The van der Waals surface area contributed by atoms with Crippen molar-refractivity contribution in [3.63, 3.8) is 0 Å². The molecule has 0 aliphatic heterocycles. The van der Waals surface area contributed by atoms with E-state index in [-0.39, 0.29) is 12.1 Å². The summed E-state index contributed by atoms with van der Waals surface area (Å²) in [5.41, 5.74) is 7.05. The van der Waals surface area contributed by atoms with Gasteiger partial charge < -0.3 is 10.3 Å². The van der Waals surface area contributed by atoms with E-state index in [4.69, 9.17) is 5.73 Å². The van der Waals surface area contributed by atoms with Gasteiger partial charge in [-0.25, -0.2) is 4.39 Å². The third-order valence-corrected chi connectivity index (χ3v) is 5.34. The lowest BCUT2D eigenvalue weighted by Crippen LogP contribution is -2.13. The molecule has 0 aliphatic rings. The molecule has 154 valence electrons. The van der Waals surface area contributed by atoms with Crippen LogP contribution in [0.2, 0.25) is 0 Å². The number of fused-ring (bicyclic) bond motifs is 3. The van der Waals surface area contributed by atoms with Gasteiger partial charge in [-0.05, 0) is 47.9 Å². The summed E-state index contributed by atoms with van der Waals surface area (Å²) in [6, 6.07) is 13.3. The molecule has 30 heavy (non-hydrogen) atoms. The maximum Gasteiger partial charge on any atom is 0.416 e. The number of aryl methyl sites for hydroxylation is 1. The first-order valence-electron chi connectivity index (χ1n) is 9.40. The number of alkyl halides is 3. The molecule has 1 amide bonds. The molecule has 4 aromatic rings. The number of aromatic nitrogens is 1. The Bertz CT molecular complexity index is 1290. The van der Waals surface area contributed by atoms with Crippen LogP contribution in [0, 0.1) is 5.82 Å². The third kappa shape index (κ3) is 3.30. The number of rotatable bonds is 4. The second-order valence-corrected chi connectivity index (χ2v) is 7.15. The zero-order valence-corrected chi connectivity index (χ0v) is 16.1. The number of hydrogen-bond acceptors (Lipinski definition) is 1. The minimum absolute atomic E-state index is 0.0610. The van der Waals surface area contributed by atoms with Crippen molar-refractivity contribution in [1.29, 1.82) is 0 Å². The molecule has 3 nitrogen and oxygen atoms in total. The van der Waals surface area contributed by atoms with Crippen LogP contribution in [0.3, 0.4) is 0 Å². The van der Waals surface area contributed by atoms with Crippen molar-refractivity contribution < 1.29 is 22.4 Å². The van der Waals surface area contributed by atoms with E-state index in [1.165, 1.54) is 0 Å². The third-order valence-electron chi connectivity index (χ3n) is 5.34. The van der Waals surface area contributed by atoms with Crippen molar-refractivity contribution in [2.24, 2.45) is 5.73 Å². The molecule has 7 heteroatoms. The van der Waals surface area contributed by atoms with Crippen molar-refractivity contribution in [3.05, 3.63) is 82.7 Å². The lowest BCUT2D eigenvalue weighted by atomic mass is 10.0. The largest absolute Gasteiger partial charge is 0.416 e. The van der Waals surface area contributed by atoms with Gasteiger partial charge in [-0.15, -0.1) is 0 Å². The fourth-order valence-electron chi connectivity index (χ4n) is 3.91. The zero-order valence-electron chi connectivity index (χ0n) is 16.1. The van der Waals surface area contributed by atoms with Gasteiger partial charge in [0, 0.05) is 28.4 Å². The topological polar surface area (TPSA) is 48.0 Å². The Hall–Kier alpha value is -3.35. The Morgan fingerprint density at radius 3 is 2.47 bits per heavy atom. The van der Waals surface area contributed by atoms with Crippen molar-refractivity contribution >= 4 is 27.7 Å². The number of hydrogen-bond donors (Lipinski definition) is 1. The maximum absolute atomic E-state index is 13.5. The predicted octanol–water partition coefficient (Wildman–Crippen LogP) is 5.66. The summed E-state index contributed by atoms with van der Waals surface area (Å²) in [6.07, 6.45) is -3.95. The number of halogens is 4. The highest BCUT2D eigenvalue weighted by Crippen LogP contribution is 2.36. The van der Waals surface area contributed by atoms with Crippen molar-refractivity contribution in [2.45, 2.75) is 26.1 Å². The minimum atomic E-state index is -4.69. The second kappa shape index (κ2) is 7.16. The number of nitrogens with zero attached hydrogens (tertiary/aromatic N) is 1. The second-order valence-electron chi connectivity index (χ2n) is 7.15. The van der Waals surface area contributed by atoms with Crippen LogP contribution < -0.4 is 5.73 Å². The van der Waals surface area contributed by atoms with Crippen LogP contribution in [0.25, 0.3) is 21.8 Å². The molecule has 2 N–H and O–H groups in total. The van der Waals surface area contributed by atoms with Crippen LogP contribution in [-0.2, 0) is 19.1 Å². The summed E-state index contributed by atoms with van der Waals surface area (Å²) < 4.78 is 55.9. The Kier molecular flexibility index (Phi) is 4.76. The van der Waals surface area contributed by atoms with Crippen LogP contribution >= 0.6 is 0 Å². The number of primary amides is 1. The fourth-order valence-corrected chi connectivity index (χ4v) is 3.91. The van der Waals surface area contributed by atoms with Crippen LogP contribution in [0.15, 0.2) is 54.6 Å². The Morgan fingerprint density at radius 1 is 1.03 bits per heavy atom. The summed E-state index contributed by atoms with van der Waals surface area (Å²) >= 11 is 0. The minimum Gasteiger partial charge on any atom is -0.366 e. The van der Waals surface area contributed by atoms with Gasteiger partial charge in [-0.1, -0.05) is 31.2 Å². The van der Waals surface area contributed by atoms with E-state index in [9.17, 15) is 22.4 Å². The highest BCUT2D eigenvalue weighted by atomic mass is 19.4. The molecular formula is C23H18F4N2O. The summed E-state index contributed by atoms with van der Waals surface area (Å²) in [4.78, 5) is 12.0. The van der Waals surface area contributed by atoms with Crippen LogP contribution in [0.4, 0.5) is 17.6 Å². The first-order chi connectivity index (χ1) is 14.2. The lowest BCUT2D eigenvalue weighted by molar-refractivity contribution is -0.138. The average Bonchev–Trinajstić information content (AvgIpc) is 3.01. The van der Waals surface area contributed by atoms with Crippen molar-refractivity contribution in [3.8, 4) is 0 Å². The zero-order chi connectivity index (χ0) is 21.6. The molecule has 0 fully saturated rings. The van der Waals surface area contributed by atoms with Gasteiger partial charge in [-0.3, -0.25) is 4.79 Å². The van der Waals surface area contributed by atoms with Gasteiger partial charge in [0.25, 0.3) is 0 Å². The smallest absolute Gasteiger partial charge is 0.366 e. The Balaban J connectivity index is 2.04. The van der Waals surface area contributed by atoms with Crippen LogP contribution in [-0.4, -0.2) is 10.5 Å². The van der Waals surface area contributed by atoms with Crippen LogP contribution in [0.5, 0.6) is 0 Å². The molecule has 0 bridgehead atoms. The normalized spacial score (nSPS) is 12.0. The standard InChI is InChI=1S/C23H18F4N2O/c1-2-13-6-9-16-20(10-13)29(19-5-3-4-17(21(16)19)22(28)30)12-14-7-8-15(24)11-18(14)23(25,26)27/h3-11H,2,12H2,1H3,(H2,28,30). The molecule has 0 atom stereocenters. The van der Waals surface area contributed by atoms with Gasteiger partial charge in [-0.2, -0.15) is 13.2 Å². The van der Waals surface area contributed by atoms with E-state index >= 15 is 0 Å².